The molecule has 4 aromatic carbocycles. The molecule has 6 aromatic rings. The Labute approximate surface area is 486 Å². The summed E-state index contributed by atoms with van der Waals surface area (Å²) in [4.78, 5) is 97.8. The molecule has 82 heavy (non-hydrogen) atoms. The summed E-state index contributed by atoms with van der Waals surface area (Å²) in [6.45, 7) is 8.67. The number of amides is 6. The van der Waals surface area contributed by atoms with E-state index in [1.165, 1.54) is 16.2 Å². The maximum Gasteiger partial charge on any atom is 0.255 e. The summed E-state index contributed by atoms with van der Waals surface area (Å²) >= 11 is 2.89. The molecule has 4 atom stereocenters. The summed E-state index contributed by atoms with van der Waals surface area (Å²) in [5, 5.41) is 21.5. The van der Waals surface area contributed by atoms with Crippen LogP contribution in [0.3, 0.4) is 0 Å². The van der Waals surface area contributed by atoms with Crippen LogP contribution >= 0.6 is 22.7 Å². The number of hydrogen-bond acceptors (Lipinski definition) is 15. The number of thiazole rings is 2. The number of ether oxygens (including phenoxy) is 3. The molecule has 0 saturated carbocycles. The summed E-state index contributed by atoms with van der Waals surface area (Å²) in [5.41, 5.74) is 9.79. The predicted octanol–water partition coefficient (Wildman–Crippen LogP) is 7.01. The number of hydrogen-bond donors (Lipinski definition) is 4. The van der Waals surface area contributed by atoms with Gasteiger partial charge in [0.05, 0.1) is 68.2 Å². The molecule has 0 bridgehead atoms. The van der Waals surface area contributed by atoms with Crippen LogP contribution in [0.2, 0.25) is 0 Å². The van der Waals surface area contributed by atoms with Crippen molar-refractivity contribution in [2.75, 3.05) is 82.6 Å². The normalized spacial score (nSPS) is 16.7. The molecule has 3 aliphatic heterocycles. The first-order valence-electron chi connectivity index (χ1n) is 28.0. The highest BCUT2D eigenvalue weighted by Crippen LogP contribution is 2.36. The fourth-order valence-electron chi connectivity index (χ4n) is 10.5. The third-order valence-electron chi connectivity index (χ3n) is 14.9. The molecule has 5 heterocycles. The van der Waals surface area contributed by atoms with Gasteiger partial charge in [-0.3, -0.25) is 34.1 Å². The number of benzene rings is 4. The Kier molecular flexibility index (Phi) is 21.0. The van der Waals surface area contributed by atoms with E-state index in [1.54, 1.807) is 27.8 Å². The summed E-state index contributed by atoms with van der Waals surface area (Å²) in [5.74, 6) is -1.59. The third-order valence-corrected chi connectivity index (χ3v) is 16.6. The molecule has 9 rings (SSSR count). The van der Waals surface area contributed by atoms with Gasteiger partial charge in [0.15, 0.2) is 5.13 Å². The Hall–Kier alpha value is -7.40. The summed E-state index contributed by atoms with van der Waals surface area (Å²) in [6.07, 6.45) is 3.07. The maximum atomic E-state index is 14.0. The van der Waals surface area contributed by atoms with E-state index in [4.69, 9.17) is 14.2 Å². The number of carbonyl (C=O) groups is 6. The Morgan fingerprint density at radius 3 is 2.17 bits per heavy atom. The Bertz CT molecular complexity index is 3100. The van der Waals surface area contributed by atoms with E-state index in [9.17, 15) is 33.9 Å². The van der Waals surface area contributed by atoms with Crippen LogP contribution in [0.15, 0.2) is 114 Å². The average molecular weight is 1150 g/mol. The fraction of sp³-hybridized carbons (Fsp3) is 0.410. The van der Waals surface area contributed by atoms with Crippen molar-refractivity contribution >= 4 is 68.9 Å². The number of nitrogens with one attached hydrogen (secondary N) is 3. The summed E-state index contributed by atoms with van der Waals surface area (Å²) in [6, 6.07) is 28.8. The zero-order chi connectivity index (χ0) is 57.4. The lowest BCUT2D eigenvalue weighted by atomic mass is 10.00. The van der Waals surface area contributed by atoms with Crippen molar-refractivity contribution in [2.45, 2.75) is 89.7 Å². The number of aryl methyl sites for hydroxylation is 1. The number of aromatic nitrogens is 2. The van der Waals surface area contributed by atoms with Crippen LogP contribution in [-0.2, 0) is 51.3 Å². The SMILES string of the molecule is CCCC[C@H](NC(=O)CCOCCOCCOCCC(=O)N1CCN(c2ccc(-c3ccc4c(c3)C(=O)N(C(C(=O)Nc3nccs3)c3ccccc3)C4)cc2)CC1)C(=O)N1C[C@H](O)C[C@H]1C(=O)NCc1ccc(-c2scnc2C)cc1. The van der Waals surface area contributed by atoms with E-state index in [-0.39, 0.29) is 88.3 Å². The quantitative estimate of drug-likeness (QED) is 0.0382. The first-order chi connectivity index (χ1) is 39.9. The zero-order valence-corrected chi connectivity index (χ0v) is 48.0. The standard InChI is InChI=1S/C61H71N9O10S2/c1-3-4-10-51(60(77)69-39-49(71)36-52(69)57(74)63-37-42-11-13-45(14-12-42)56-41(2)64-40-82-56)65-53(72)21-28-78-30-32-80-33-31-79-29-22-54(73)68-26-24-67(25-27-68)48-19-17-43(18-20-48)46-15-16-47-38-70(59(76)50(47)35-46)55(44-8-6-5-7-9-44)58(75)66-61-62-23-34-81-61/h5-9,11-20,23,34-35,40,49,51-52,55,71H,3-4,10,21-22,24-33,36-39H2,1-2H3,(H,63,74)(H,65,72)(H,62,66,75)/t49-,51+,52+,55?/m1/s1. The van der Waals surface area contributed by atoms with Gasteiger partial charge < -0.3 is 49.6 Å². The van der Waals surface area contributed by atoms with E-state index in [0.29, 0.717) is 69.5 Å². The second-order valence-electron chi connectivity index (χ2n) is 20.5. The lowest BCUT2D eigenvalue weighted by molar-refractivity contribution is -0.141. The second-order valence-corrected chi connectivity index (χ2v) is 22.3. The van der Waals surface area contributed by atoms with Crippen molar-refractivity contribution in [1.82, 2.24) is 35.3 Å². The largest absolute Gasteiger partial charge is 0.391 e. The van der Waals surface area contributed by atoms with Gasteiger partial charge in [-0.25, -0.2) is 9.97 Å². The van der Waals surface area contributed by atoms with E-state index < -0.39 is 30.1 Å². The van der Waals surface area contributed by atoms with Gasteiger partial charge in [0.1, 0.15) is 18.1 Å². The Morgan fingerprint density at radius 2 is 1.49 bits per heavy atom. The third kappa shape index (κ3) is 15.4. The van der Waals surface area contributed by atoms with Gasteiger partial charge in [-0.05, 0) is 64.9 Å². The number of rotatable bonds is 27. The molecule has 1 unspecified atom stereocenters. The minimum atomic E-state index is -0.860. The van der Waals surface area contributed by atoms with Crippen LogP contribution in [0, 0.1) is 6.92 Å². The van der Waals surface area contributed by atoms with Gasteiger partial charge in [-0.15, -0.1) is 22.7 Å². The molecule has 2 saturated heterocycles. The van der Waals surface area contributed by atoms with E-state index >= 15 is 0 Å². The number of β-amino-alcohol motifs (C(OH)–C–C–N with tert-alkyl or cyclic N) is 1. The van der Waals surface area contributed by atoms with E-state index in [1.807, 2.05) is 109 Å². The second kappa shape index (κ2) is 29.0. The highest BCUT2D eigenvalue weighted by atomic mass is 32.1. The molecular weight excluding hydrogens is 1080 g/mol. The van der Waals surface area contributed by atoms with Gasteiger partial charge in [-0.2, -0.15) is 0 Å². The van der Waals surface area contributed by atoms with Crippen LogP contribution in [-0.4, -0.2) is 156 Å². The molecule has 0 spiro atoms. The molecule has 0 radical (unpaired) electrons. The van der Waals surface area contributed by atoms with Crippen molar-refractivity contribution in [1.29, 1.82) is 0 Å². The predicted molar refractivity (Wildman–Crippen MR) is 314 cm³/mol. The lowest BCUT2D eigenvalue weighted by Crippen LogP contribution is -2.53. The molecule has 6 amide bonds. The molecule has 19 nitrogen and oxygen atoms in total. The lowest BCUT2D eigenvalue weighted by Gasteiger charge is -2.36. The first kappa shape index (κ1) is 59.2. The fourth-order valence-corrected chi connectivity index (χ4v) is 11.8. The molecule has 3 aliphatic rings. The topological polar surface area (TPSA) is 225 Å². The molecule has 21 heteroatoms. The zero-order valence-electron chi connectivity index (χ0n) is 46.3. The maximum absolute atomic E-state index is 14.0. The number of fused-ring (bicyclic) bond motifs is 1. The molecule has 432 valence electrons. The van der Waals surface area contributed by atoms with Gasteiger partial charge in [0.2, 0.25) is 23.6 Å². The number of piperazine rings is 1. The van der Waals surface area contributed by atoms with Gasteiger partial charge in [0.25, 0.3) is 11.8 Å². The van der Waals surface area contributed by atoms with Crippen molar-refractivity contribution in [2.24, 2.45) is 0 Å². The van der Waals surface area contributed by atoms with Crippen LogP contribution in [0.25, 0.3) is 21.6 Å². The smallest absolute Gasteiger partial charge is 0.255 e. The number of carbonyl (C=O) groups excluding carboxylic acids is 6. The number of aliphatic hydroxyl groups is 1. The number of aliphatic hydroxyl groups excluding tert-OH is 1. The minimum absolute atomic E-state index is 0.00699. The molecule has 0 aliphatic carbocycles. The Balaban J connectivity index is 0.625. The monoisotopic (exact) mass is 1150 g/mol. The van der Waals surface area contributed by atoms with Crippen LogP contribution < -0.4 is 20.9 Å². The van der Waals surface area contributed by atoms with Gasteiger partial charge in [-0.1, -0.05) is 98.6 Å². The van der Waals surface area contributed by atoms with E-state index in [2.05, 4.69) is 43.0 Å². The van der Waals surface area contributed by atoms with Gasteiger partial charge >= 0.3 is 0 Å². The van der Waals surface area contributed by atoms with Crippen molar-refractivity contribution in [3.05, 3.63) is 142 Å². The highest BCUT2D eigenvalue weighted by molar-refractivity contribution is 7.14. The number of unbranched alkanes of at least 4 members (excludes halogenated alkanes) is 1. The molecule has 2 fully saturated rings. The number of likely N-dealkylation sites (tertiary alicyclic amines) is 1. The van der Waals surface area contributed by atoms with Crippen molar-refractivity contribution < 1.29 is 48.1 Å². The number of nitrogens with zero attached hydrogens (tertiary/aromatic N) is 6. The molecule has 4 N–H and O–H groups in total. The van der Waals surface area contributed by atoms with Gasteiger partial charge in [0, 0.05) is 81.5 Å². The van der Waals surface area contributed by atoms with Crippen molar-refractivity contribution in [3.8, 4) is 21.6 Å². The van der Waals surface area contributed by atoms with Crippen LogP contribution in [0.5, 0.6) is 0 Å². The average Bonchev–Trinajstić information content (AvgIpc) is 4.51. The van der Waals surface area contributed by atoms with Crippen LogP contribution in [0.4, 0.5) is 10.8 Å². The number of anilines is 2. The minimum Gasteiger partial charge on any atom is -0.391 e. The summed E-state index contributed by atoms with van der Waals surface area (Å²) < 4.78 is 17.0. The highest BCUT2D eigenvalue weighted by Gasteiger charge is 2.42. The molecule has 2 aromatic heterocycles. The van der Waals surface area contributed by atoms with E-state index in [0.717, 1.165) is 56.1 Å². The first-order valence-corrected chi connectivity index (χ1v) is 29.8. The summed E-state index contributed by atoms with van der Waals surface area (Å²) in [7, 11) is 0. The Morgan fingerprint density at radius 1 is 0.793 bits per heavy atom. The molecular formula is C61H71N9O10S2. The van der Waals surface area contributed by atoms with Crippen molar-refractivity contribution in [3.63, 3.8) is 0 Å². The van der Waals surface area contributed by atoms with Crippen LogP contribution in [0.1, 0.15) is 84.2 Å².